The molecule has 1 saturated heterocycles. The minimum absolute atomic E-state index is 0.0155. The molecule has 6 nitrogen and oxygen atoms in total. The van der Waals surface area contributed by atoms with Crippen LogP contribution in [-0.4, -0.2) is 33.8 Å². The molecule has 2 aromatic rings. The van der Waals surface area contributed by atoms with E-state index in [0.717, 1.165) is 16.3 Å². The van der Waals surface area contributed by atoms with Crippen molar-refractivity contribution in [2.75, 3.05) is 13.1 Å². The Morgan fingerprint density at radius 1 is 1.22 bits per heavy atom. The summed E-state index contributed by atoms with van der Waals surface area (Å²) in [5.41, 5.74) is 0.375. The van der Waals surface area contributed by atoms with Crippen LogP contribution in [0.5, 0.6) is 0 Å². The highest BCUT2D eigenvalue weighted by atomic mass is 19.4. The third-order valence-electron chi connectivity index (χ3n) is 4.49. The average Bonchev–Trinajstić information content (AvgIpc) is 3.17. The summed E-state index contributed by atoms with van der Waals surface area (Å²) >= 11 is 0. The normalized spacial score (nSPS) is 15.4. The van der Waals surface area contributed by atoms with Gasteiger partial charge in [0.05, 0.1) is 11.8 Å². The zero-order valence-corrected chi connectivity index (χ0v) is 14.4. The molecule has 0 saturated carbocycles. The second-order valence-corrected chi connectivity index (χ2v) is 6.36. The summed E-state index contributed by atoms with van der Waals surface area (Å²) in [5.74, 6) is 0.0155. The molecule has 1 N–H and O–H groups in total. The van der Waals surface area contributed by atoms with E-state index in [9.17, 15) is 18.0 Å². The van der Waals surface area contributed by atoms with Crippen molar-refractivity contribution in [2.24, 2.45) is 5.92 Å². The molecular weight excluding hydrogens is 359 g/mol. The number of hydrogen-bond acceptors (Lipinski definition) is 3. The van der Waals surface area contributed by atoms with Crippen LogP contribution in [0, 0.1) is 17.2 Å². The Hall–Kier alpha value is -3.02. The summed E-state index contributed by atoms with van der Waals surface area (Å²) in [4.78, 5) is 13.8. The number of carbonyl (C=O) groups excluding carboxylic acids is 1. The van der Waals surface area contributed by atoms with Crippen LogP contribution >= 0.6 is 0 Å². The Morgan fingerprint density at radius 3 is 2.44 bits per heavy atom. The SMILES string of the molecule is N#CC1CCN(C(=O)NCc2ccc(-n3ccc(C(F)(F)F)n3)cc2)CC1. The third kappa shape index (κ3) is 4.58. The maximum absolute atomic E-state index is 12.6. The largest absolute Gasteiger partial charge is 0.435 e. The molecule has 0 unspecified atom stereocenters. The molecule has 0 bridgehead atoms. The molecule has 2 amide bonds. The van der Waals surface area contributed by atoms with Gasteiger partial charge in [-0.2, -0.15) is 23.5 Å². The fourth-order valence-electron chi connectivity index (χ4n) is 2.89. The molecule has 0 spiro atoms. The minimum atomic E-state index is -4.48. The Morgan fingerprint density at radius 2 is 1.89 bits per heavy atom. The number of nitrogens with one attached hydrogen (secondary N) is 1. The van der Waals surface area contributed by atoms with Gasteiger partial charge in [-0.05, 0) is 36.6 Å². The number of benzene rings is 1. The number of alkyl halides is 3. The van der Waals surface area contributed by atoms with E-state index in [0.29, 0.717) is 38.2 Å². The van der Waals surface area contributed by atoms with Crippen molar-refractivity contribution >= 4 is 6.03 Å². The van der Waals surface area contributed by atoms with E-state index in [-0.39, 0.29) is 11.9 Å². The van der Waals surface area contributed by atoms with Crippen molar-refractivity contribution in [3.05, 3.63) is 47.8 Å². The second-order valence-electron chi connectivity index (χ2n) is 6.36. The van der Waals surface area contributed by atoms with Crippen LogP contribution in [0.3, 0.4) is 0 Å². The Balaban J connectivity index is 1.54. The monoisotopic (exact) mass is 377 g/mol. The summed E-state index contributed by atoms with van der Waals surface area (Å²) < 4.78 is 39.0. The molecule has 27 heavy (non-hydrogen) atoms. The molecule has 1 aliphatic heterocycles. The average molecular weight is 377 g/mol. The number of halogens is 3. The minimum Gasteiger partial charge on any atom is -0.334 e. The lowest BCUT2D eigenvalue weighted by Gasteiger charge is -2.29. The van der Waals surface area contributed by atoms with Crippen LogP contribution in [0.2, 0.25) is 0 Å². The zero-order chi connectivity index (χ0) is 19.4. The summed E-state index contributed by atoms with van der Waals surface area (Å²) in [7, 11) is 0. The number of likely N-dealkylation sites (tertiary alicyclic amines) is 1. The quantitative estimate of drug-likeness (QED) is 0.892. The van der Waals surface area contributed by atoms with Crippen LogP contribution in [0.1, 0.15) is 24.1 Å². The number of carbonyl (C=O) groups is 1. The lowest BCUT2D eigenvalue weighted by Crippen LogP contribution is -2.44. The Kier molecular flexibility index (Phi) is 5.35. The van der Waals surface area contributed by atoms with Gasteiger partial charge in [-0.15, -0.1) is 0 Å². The predicted octanol–water partition coefficient (Wildman–Crippen LogP) is 3.34. The van der Waals surface area contributed by atoms with Crippen molar-refractivity contribution in [1.82, 2.24) is 20.0 Å². The standard InChI is InChI=1S/C18H18F3N5O/c19-18(20,21)16-7-10-26(24-16)15-3-1-14(2-4-15)12-23-17(27)25-8-5-13(11-22)6-9-25/h1-4,7,10,13H,5-6,8-9,12H2,(H,23,27). The molecule has 1 fully saturated rings. The van der Waals surface area contributed by atoms with E-state index in [1.54, 1.807) is 29.2 Å². The van der Waals surface area contributed by atoms with Crippen molar-refractivity contribution in [2.45, 2.75) is 25.6 Å². The maximum Gasteiger partial charge on any atom is 0.435 e. The number of urea groups is 1. The second kappa shape index (κ2) is 7.70. The van der Waals surface area contributed by atoms with Crippen LogP contribution < -0.4 is 5.32 Å². The van der Waals surface area contributed by atoms with E-state index in [2.05, 4.69) is 16.5 Å². The zero-order valence-electron chi connectivity index (χ0n) is 14.4. The summed E-state index contributed by atoms with van der Waals surface area (Å²) in [5, 5.41) is 15.2. The number of amides is 2. The lowest BCUT2D eigenvalue weighted by molar-refractivity contribution is -0.141. The number of nitrogens with zero attached hydrogens (tertiary/aromatic N) is 4. The highest BCUT2D eigenvalue weighted by Crippen LogP contribution is 2.27. The molecule has 1 aromatic carbocycles. The fraction of sp³-hybridized carbons (Fsp3) is 0.389. The lowest BCUT2D eigenvalue weighted by atomic mass is 9.99. The van der Waals surface area contributed by atoms with E-state index >= 15 is 0 Å². The molecule has 0 radical (unpaired) electrons. The van der Waals surface area contributed by atoms with Gasteiger partial charge in [-0.25, -0.2) is 9.48 Å². The number of aromatic nitrogens is 2. The van der Waals surface area contributed by atoms with Crippen LogP contribution in [0.4, 0.5) is 18.0 Å². The number of piperidine rings is 1. The first-order valence-corrected chi connectivity index (χ1v) is 8.51. The van der Waals surface area contributed by atoms with Gasteiger partial charge >= 0.3 is 12.2 Å². The van der Waals surface area contributed by atoms with Crippen LogP contribution in [-0.2, 0) is 12.7 Å². The molecule has 142 valence electrons. The predicted molar refractivity (Wildman–Crippen MR) is 90.7 cm³/mol. The number of rotatable bonds is 3. The molecule has 1 aliphatic rings. The molecule has 2 heterocycles. The van der Waals surface area contributed by atoms with Gasteiger partial charge in [0.2, 0.25) is 0 Å². The summed E-state index contributed by atoms with van der Waals surface area (Å²) in [6, 6.07) is 9.71. The highest BCUT2D eigenvalue weighted by Gasteiger charge is 2.33. The van der Waals surface area contributed by atoms with Gasteiger partial charge in [0, 0.05) is 31.7 Å². The van der Waals surface area contributed by atoms with Gasteiger partial charge in [0.15, 0.2) is 5.69 Å². The maximum atomic E-state index is 12.6. The van der Waals surface area contributed by atoms with Crippen molar-refractivity contribution in [3.8, 4) is 11.8 Å². The van der Waals surface area contributed by atoms with Gasteiger partial charge in [0.25, 0.3) is 0 Å². The van der Waals surface area contributed by atoms with Crippen LogP contribution in [0.15, 0.2) is 36.5 Å². The topological polar surface area (TPSA) is 74.0 Å². The first-order valence-electron chi connectivity index (χ1n) is 8.51. The first-order chi connectivity index (χ1) is 12.9. The third-order valence-corrected chi connectivity index (χ3v) is 4.49. The van der Waals surface area contributed by atoms with E-state index < -0.39 is 11.9 Å². The van der Waals surface area contributed by atoms with E-state index in [4.69, 9.17) is 5.26 Å². The molecule has 1 aromatic heterocycles. The van der Waals surface area contributed by atoms with Crippen LogP contribution in [0.25, 0.3) is 5.69 Å². The Bertz CT molecular complexity index is 830. The molecule has 0 aliphatic carbocycles. The van der Waals surface area contributed by atoms with Crippen molar-refractivity contribution in [1.29, 1.82) is 5.26 Å². The van der Waals surface area contributed by atoms with Crippen molar-refractivity contribution in [3.63, 3.8) is 0 Å². The smallest absolute Gasteiger partial charge is 0.334 e. The fourth-order valence-corrected chi connectivity index (χ4v) is 2.89. The summed E-state index contributed by atoms with van der Waals surface area (Å²) in [6.45, 7) is 1.43. The van der Waals surface area contributed by atoms with Crippen molar-refractivity contribution < 1.29 is 18.0 Å². The Labute approximate surface area is 154 Å². The van der Waals surface area contributed by atoms with Gasteiger partial charge in [-0.3, -0.25) is 0 Å². The van der Waals surface area contributed by atoms with E-state index in [1.165, 1.54) is 6.20 Å². The number of hydrogen-bond donors (Lipinski definition) is 1. The number of nitriles is 1. The van der Waals surface area contributed by atoms with E-state index in [1.807, 2.05) is 0 Å². The molecule has 9 heteroatoms. The van der Waals surface area contributed by atoms with Gasteiger partial charge in [0.1, 0.15) is 0 Å². The highest BCUT2D eigenvalue weighted by molar-refractivity contribution is 5.74. The molecule has 0 atom stereocenters. The molecule has 3 rings (SSSR count). The first kappa shape index (κ1) is 18.8. The molecular formula is C18H18F3N5O. The van der Waals surface area contributed by atoms with Gasteiger partial charge in [-0.1, -0.05) is 12.1 Å². The van der Waals surface area contributed by atoms with Gasteiger partial charge < -0.3 is 10.2 Å². The summed E-state index contributed by atoms with van der Waals surface area (Å²) in [6.07, 6.45) is -1.85.